The predicted octanol–water partition coefficient (Wildman–Crippen LogP) is 1.43. The van der Waals surface area contributed by atoms with E-state index in [1.165, 1.54) is 29.2 Å². The SMILES string of the molecule is CS(=O)(=O)c1ccc(-n2nnc(C(=O)O)c2-c2ccncc2)cc1. The number of aromatic carboxylic acids is 1. The molecule has 24 heavy (non-hydrogen) atoms. The van der Waals surface area contributed by atoms with E-state index in [4.69, 9.17) is 0 Å². The molecular weight excluding hydrogens is 332 g/mol. The van der Waals surface area contributed by atoms with Gasteiger partial charge in [-0.2, -0.15) is 0 Å². The molecular formula is C15H12N4O4S. The van der Waals surface area contributed by atoms with Crippen LogP contribution in [-0.2, 0) is 9.84 Å². The minimum Gasteiger partial charge on any atom is -0.476 e. The van der Waals surface area contributed by atoms with Gasteiger partial charge < -0.3 is 5.11 Å². The number of carboxylic acids is 1. The number of pyridine rings is 1. The van der Waals surface area contributed by atoms with Gasteiger partial charge in [0.1, 0.15) is 5.69 Å². The molecule has 0 aliphatic carbocycles. The molecule has 0 unspecified atom stereocenters. The van der Waals surface area contributed by atoms with Gasteiger partial charge in [0.15, 0.2) is 15.5 Å². The van der Waals surface area contributed by atoms with Gasteiger partial charge in [-0.15, -0.1) is 5.10 Å². The van der Waals surface area contributed by atoms with E-state index in [-0.39, 0.29) is 16.3 Å². The molecule has 1 N–H and O–H groups in total. The van der Waals surface area contributed by atoms with Crippen molar-refractivity contribution in [2.75, 3.05) is 6.26 Å². The molecule has 0 aliphatic heterocycles. The van der Waals surface area contributed by atoms with Crippen molar-refractivity contribution in [3.8, 4) is 16.9 Å². The lowest BCUT2D eigenvalue weighted by atomic mass is 10.1. The van der Waals surface area contributed by atoms with Crippen LogP contribution in [0.1, 0.15) is 10.5 Å². The lowest BCUT2D eigenvalue weighted by Gasteiger charge is -2.08. The van der Waals surface area contributed by atoms with E-state index in [9.17, 15) is 18.3 Å². The number of carboxylic acid groups (broad SMARTS) is 1. The van der Waals surface area contributed by atoms with Crippen molar-refractivity contribution in [1.82, 2.24) is 20.0 Å². The number of nitrogens with zero attached hydrogens (tertiary/aromatic N) is 4. The first-order chi connectivity index (χ1) is 11.4. The van der Waals surface area contributed by atoms with Crippen LogP contribution in [0.2, 0.25) is 0 Å². The van der Waals surface area contributed by atoms with Crippen molar-refractivity contribution in [3.63, 3.8) is 0 Å². The molecule has 9 heteroatoms. The molecule has 8 nitrogen and oxygen atoms in total. The summed E-state index contributed by atoms with van der Waals surface area (Å²) in [6, 6.07) is 9.24. The molecule has 122 valence electrons. The number of hydrogen-bond donors (Lipinski definition) is 1. The van der Waals surface area contributed by atoms with Crippen molar-refractivity contribution in [2.24, 2.45) is 0 Å². The highest BCUT2D eigenvalue weighted by molar-refractivity contribution is 7.90. The second-order valence-corrected chi connectivity index (χ2v) is 7.02. The van der Waals surface area contributed by atoms with Gasteiger partial charge in [0.2, 0.25) is 0 Å². The largest absolute Gasteiger partial charge is 0.476 e. The van der Waals surface area contributed by atoms with Gasteiger partial charge in [0.25, 0.3) is 0 Å². The van der Waals surface area contributed by atoms with E-state index in [1.807, 2.05) is 0 Å². The zero-order valence-corrected chi connectivity index (χ0v) is 13.3. The molecule has 0 saturated carbocycles. The van der Waals surface area contributed by atoms with Crippen molar-refractivity contribution in [1.29, 1.82) is 0 Å². The van der Waals surface area contributed by atoms with Crippen LogP contribution in [0.4, 0.5) is 0 Å². The smallest absolute Gasteiger partial charge is 0.358 e. The van der Waals surface area contributed by atoms with Crippen LogP contribution in [-0.4, -0.2) is 45.7 Å². The first-order valence-electron chi connectivity index (χ1n) is 6.78. The Kier molecular flexibility index (Phi) is 3.86. The number of rotatable bonds is 4. The highest BCUT2D eigenvalue weighted by Crippen LogP contribution is 2.25. The predicted molar refractivity (Wildman–Crippen MR) is 84.7 cm³/mol. The number of benzene rings is 1. The lowest BCUT2D eigenvalue weighted by Crippen LogP contribution is -2.04. The zero-order chi connectivity index (χ0) is 17.3. The van der Waals surface area contributed by atoms with E-state index in [0.717, 1.165) is 6.26 Å². The lowest BCUT2D eigenvalue weighted by molar-refractivity contribution is 0.0691. The molecule has 0 amide bonds. The highest BCUT2D eigenvalue weighted by Gasteiger charge is 2.21. The fourth-order valence-electron chi connectivity index (χ4n) is 2.21. The highest BCUT2D eigenvalue weighted by atomic mass is 32.2. The Morgan fingerprint density at radius 3 is 2.25 bits per heavy atom. The van der Waals surface area contributed by atoms with Crippen molar-refractivity contribution >= 4 is 15.8 Å². The molecule has 0 saturated heterocycles. The average Bonchev–Trinajstić information content (AvgIpc) is 3.00. The van der Waals surface area contributed by atoms with E-state index < -0.39 is 15.8 Å². The zero-order valence-electron chi connectivity index (χ0n) is 12.5. The molecule has 0 aliphatic rings. The second kappa shape index (κ2) is 5.85. The topological polar surface area (TPSA) is 115 Å². The van der Waals surface area contributed by atoms with Crippen LogP contribution in [0.15, 0.2) is 53.7 Å². The molecule has 2 aromatic heterocycles. The minimum absolute atomic E-state index is 0.162. The van der Waals surface area contributed by atoms with Gasteiger partial charge >= 0.3 is 5.97 Å². The Morgan fingerprint density at radius 1 is 1.08 bits per heavy atom. The van der Waals surface area contributed by atoms with Crippen molar-refractivity contribution in [2.45, 2.75) is 4.90 Å². The van der Waals surface area contributed by atoms with Gasteiger partial charge in [-0.3, -0.25) is 4.98 Å². The summed E-state index contributed by atoms with van der Waals surface area (Å²) in [5, 5.41) is 16.9. The van der Waals surface area contributed by atoms with Crippen LogP contribution >= 0.6 is 0 Å². The first-order valence-corrected chi connectivity index (χ1v) is 8.67. The molecule has 0 spiro atoms. The third kappa shape index (κ3) is 2.88. The fourth-order valence-corrected chi connectivity index (χ4v) is 2.84. The maximum absolute atomic E-state index is 11.5. The summed E-state index contributed by atoms with van der Waals surface area (Å²) < 4.78 is 24.4. The first kappa shape index (κ1) is 15.8. The Morgan fingerprint density at radius 2 is 1.71 bits per heavy atom. The number of sulfone groups is 1. The summed E-state index contributed by atoms with van der Waals surface area (Å²) in [6.45, 7) is 0. The molecule has 1 aromatic carbocycles. The standard InChI is InChI=1S/C15H12N4O4S/c1-24(22,23)12-4-2-11(3-5-12)19-14(10-6-8-16-9-7-10)13(15(20)21)17-18-19/h2-9H,1H3,(H,20,21). The number of hydrogen-bond acceptors (Lipinski definition) is 6. The molecule has 0 fully saturated rings. The Hall–Kier alpha value is -3.07. The van der Waals surface area contributed by atoms with Crippen LogP contribution in [0.5, 0.6) is 0 Å². The third-order valence-electron chi connectivity index (χ3n) is 3.34. The maximum atomic E-state index is 11.5. The van der Waals surface area contributed by atoms with E-state index in [0.29, 0.717) is 11.3 Å². The van der Waals surface area contributed by atoms with Crippen molar-refractivity contribution in [3.05, 3.63) is 54.5 Å². The molecule has 0 atom stereocenters. The molecule has 0 bridgehead atoms. The van der Waals surface area contributed by atoms with E-state index in [1.54, 1.807) is 24.3 Å². The summed E-state index contributed by atoms with van der Waals surface area (Å²) in [6.07, 6.45) is 4.18. The fraction of sp³-hybridized carbons (Fsp3) is 0.0667. The van der Waals surface area contributed by atoms with Gasteiger partial charge in [0.05, 0.1) is 10.6 Å². The molecule has 3 rings (SSSR count). The summed E-state index contributed by atoms with van der Waals surface area (Å²) in [4.78, 5) is 15.5. The van der Waals surface area contributed by atoms with Crippen LogP contribution in [0.3, 0.4) is 0 Å². The summed E-state index contributed by atoms with van der Waals surface area (Å²) in [7, 11) is -3.32. The normalized spacial score (nSPS) is 11.4. The molecule has 0 radical (unpaired) electrons. The second-order valence-electron chi connectivity index (χ2n) is 5.01. The van der Waals surface area contributed by atoms with Gasteiger partial charge in [-0.05, 0) is 36.4 Å². The van der Waals surface area contributed by atoms with Crippen LogP contribution < -0.4 is 0 Å². The minimum atomic E-state index is -3.32. The monoisotopic (exact) mass is 344 g/mol. The van der Waals surface area contributed by atoms with E-state index in [2.05, 4.69) is 15.3 Å². The summed E-state index contributed by atoms with van der Waals surface area (Å²) in [5.74, 6) is -1.21. The summed E-state index contributed by atoms with van der Waals surface area (Å²) in [5.41, 5.74) is 1.17. The Balaban J connectivity index is 2.17. The average molecular weight is 344 g/mol. The van der Waals surface area contributed by atoms with Crippen LogP contribution in [0, 0.1) is 0 Å². The molecule has 2 heterocycles. The number of carbonyl (C=O) groups is 1. The van der Waals surface area contributed by atoms with Gasteiger partial charge in [-0.25, -0.2) is 17.9 Å². The Labute approximate surface area is 137 Å². The molecule has 3 aromatic rings. The van der Waals surface area contributed by atoms with Crippen molar-refractivity contribution < 1.29 is 18.3 Å². The maximum Gasteiger partial charge on any atom is 0.358 e. The number of aromatic nitrogens is 4. The third-order valence-corrected chi connectivity index (χ3v) is 4.46. The van der Waals surface area contributed by atoms with Gasteiger partial charge in [-0.1, -0.05) is 5.21 Å². The summed E-state index contributed by atoms with van der Waals surface area (Å²) >= 11 is 0. The van der Waals surface area contributed by atoms with Gasteiger partial charge in [0, 0.05) is 24.2 Å². The van der Waals surface area contributed by atoms with Crippen LogP contribution in [0.25, 0.3) is 16.9 Å². The van der Waals surface area contributed by atoms with E-state index >= 15 is 0 Å². The Bertz CT molecular complexity index is 996. The quantitative estimate of drug-likeness (QED) is 0.761.